The van der Waals surface area contributed by atoms with Gasteiger partial charge in [-0.3, -0.25) is 0 Å². The van der Waals surface area contributed by atoms with Crippen LogP contribution in [0.15, 0.2) is 0 Å². The van der Waals surface area contributed by atoms with E-state index in [-0.39, 0.29) is 18.8 Å². The molecule has 2 rings (SSSR count). The lowest BCUT2D eigenvalue weighted by molar-refractivity contribution is -0.229. The Morgan fingerprint density at radius 2 is 2.00 bits per heavy atom. The van der Waals surface area contributed by atoms with E-state index < -0.39 is 23.6 Å². The average Bonchev–Trinajstić information content (AvgIpc) is 2.68. The maximum atomic E-state index is 10.6. The number of methoxy groups -OCH3 is 1. The molecule has 0 bridgehead atoms. The van der Waals surface area contributed by atoms with Gasteiger partial charge in [-0.05, 0) is 13.8 Å². The van der Waals surface area contributed by atoms with Crippen LogP contribution in [-0.4, -0.2) is 49.5 Å². The predicted molar refractivity (Wildman–Crippen MR) is 56.7 cm³/mol. The predicted octanol–water partition coefficient (Wildman–Crippen LogP) is 1.25. The minimum Gasteiger partial charge on any atom is -0.451 e. The van der Waals surface area contributed by atoms with Crippen LogP contribution in [0.2, 0.25) is 0 Å². The highest BCUT2D eigenvalue weighted by atomic mass is 35.5. The van der Waals surface area contributed by atoms with E-state index in [4.69, 9.17) is 35.3 Å². The van der Waals surface area contributed by atoms with E-state index in [1.54, 1.807) is 0 Å². The van der Waals surface area contributed by atoms with Gasteiger partial charge < -0.3 is 23.7 Å². The summed E-state index contributed by atoms with van der Waals surface area (Å²) in [7, 11) is 1.52. The standard InChI is InChI=1S/C10H15ClO6/c1-10(2)16-6-5(4-14-9(11)12)15-8(13-3)7(6)17-10/h5-8H,4H2,1-3H3/t5-,6?,7?,8-/m1/s1. The fraction of sp³-hybridized carbons (Fsp3) is 0.900. The normalized spacial score (nSPS) is 39.1. The molecule has 2 saturated heterocycles. The first-order valence-corrected chi connectivity index (χ1v) is 5.67. The van der Waals surface area contributed by atoms with Crippen LogP contribution in [0.1, 0.15) is 13.8 Å². The number of halogens is 1. The summed E-state index contributed by atoms with van der Waals surface area (Å²) in [5.41, 5.74) is -0.871. The summed E-state index contributed by atoms with van der Waals surface area (Å²) in [6.07, 6.45) is -1.62. The lowest BCUT2D eigenvalue weighted by Crippen LogP contribution is -2.33. The Morgan fingerprint density at radius 3 is 2.59 bits per heavy atom. The van der Waals surface area contributed by atoms with Crippen LogP contribution in [0.25, 0.3) is 0 Å². The molecule has 0 aromatic carbocycles. The molecule has 0 aromatic heterocycles. The number of carbonyl (C=O) groups excluding carboxylic acids is 1. The Bertz CT molecular complexity index is 307. The Balaban J connectivity index is 2.02. The Morgan fingerprint density at radius 1 is 1.35 bits per heavy atom. The largest absolute Gasteiger partial charge is 0.451 e. The van der Waals surface area contributed by atoms with E-state index in [1.807, 2.05) is 13.8 Å². The highest BCUT2D eigenvalue weighted by Gasteiger charge is 2.55. The zero-order valence-electron chi connectivity index (χ0n) is 9.84. The number of hydrogen-bond donors (Lipinski definition) is 0. The van der Waals surface area contributed by atoms with Gasteiger partial charge >= 0.3 is 5.43 Å². The third-order valence-corrected chi connectivity index (χ3v) is 2.81. The van der Waals surface area contributed by atoms with E-state index >= 15 is 0 Å². The van der Waals surface area contributed by atoms with Crippen molar-refractivity contribution in [2.45, 2.75) is 44.2 Å². The first kappa shape index (κ1) is 13.0. The molecule has 2 unspecified atom stereocenters. The molecule has 0 radical (unpaired) electrons. The van der Waals surface area contributed by atoms with Gasteiger partial charge in [-0.1, -0.05) is 0 Å². The summed E-state index contributed by atoms with van der Waals surface area (Å²) >= 11 is 5.11. The van der Waals surface area contributed by atoms with Crippen molar-refractivity contribution in [2.75, 3.05) is 13.7 Å². The molecular weight excluding hydrogens is 252 g/mol. The molecule has 0 N–H and O–H groups in total. The Labute approximate surface area is 104 Å². The van der Waals surface area contributed by atoms with Crippen LogP contribution >= 0.6 is 11.6 Å². The summed E-state index contributed by atoms with van der Waals surface area (Å²) < 4.78 is 26.7. The summed E-state index contributed by atoms with van der Waals surface area (Å²) in [4.78, 5) is 10.6. The smallest absolute Gasteiger partial charge is 0.403 e. The second-order valence-electron chi connectivity index (χ2n) is 4.39. The number of rotatable bonds is 3. The monoisotopic (exact) mass is 266 g/mol. The van der Waals surface area contributed by atoms with Crippen molar-refractivity contribution in [3.05, 3.63) is 0 Å². The van der Waals surface area contributed by atoms with Gasteiger partial charge in [0, 0.05) is 18.7 Å². The zero-order chi connectivity index (χ0) is 12.6. The lowest BCUT2D eigenvalue weighted by atomic mass is 10.1. The highest BCUT2D eigenvalue weighted by Crippen LogP contribution is 2.38. The van der Waals surface area contributed by atoms with Crippen molar-refractivity contribution < 1.29 is 28.5 Å². The fourth-order valence-corrected chi connectivity index (χ4v) is 2.18. The van der Waals surface area contributed by atoms with Gasteiger partial charge in [0.1, 0.15) is 24.9 Å². The minimum absolute atomic E-state index is 0.0167. The van der Waals surface area contributed by atoms with Gasteiger partial charge in [0.2, 0.25) is 0 Å². The maximum absolute atomic E-state index is 10.6. The summed E-state index contributed by atoms with van der Waals surface area (Å²) in [6.45, 7) is 3.63. The molecule has 0 aromatic rings. The Kier molecular flexibility index (Phi) is 3.61. The Hall–Kier alpha value is -0.400. The van der Waals surface area contributed by atoms with Crippen LogP contribution in [0.5, 0.6) is 0 Å². The summed E-state index contributed by atoms with van der Waals surface area (Å²) in [5.74, 6) is -0.695. The van der Waals surface area contributed by atoms with E-state index in [9.17, 15) is 4.79 Å². The SMILES string of the molecule is CO[C@@H]1O[C@H](COC(=O)Cl)C2OC(C)(C)OC21. The van der Waals surface area contributed by atoms with E-state index in [2.05, 4.69) is 0 Å². The fourth-order valence-electron chi connectivity index (χ4n) is 2.11. The van der Waals surface area contributed by atoms with Gasteiger partial charge in [0.05, 0.1) is 0 Å². The third kappa shape index (κ3) is 2.71. The second-order valence-corrected chi connectivity index (χ2v) is 4.70. The number of fused-ring (bicyclic) bond motifs is 1. The van der Waals surface area contributed by atoms with Crippen molar-refractivity contribution in [1.82, 2.24) is 0 Å². The molecule has 7 heteroatoms. The van der Waals surface area contributed by atoms with Crippen molar-refractivity contribution in [3.63, 3.8) is 0 Å². The summed E-state index contributed by atoms with van der Waals surface area (Å²) in [5, 5.41) is 0. The number of carbonyl (C=O) groups is 1. The molecular formula is C10H15ClO6. The van der Waals surface area contributed by atoms with Crippen LogP contribution in [-0.2, 0) is 23.7 Å². The van der Waals surface area contributed by atoms with Crippen molar-refractivity contribution in [1.29, 1.82) is 0 Å². The van der Waals surface area contributed by atoms with E-state index in [0.29, 0.717) is 0 Å². The minimum atomic E-state index is -0.871. The highest BCUT2D eigenvalue weighted by molar-refractivity contribution is 6.61. The molecule has 0 spiro atoms. The molecule has 0 aliphatic carbocycles. The van der Waals surface area contributed by atoms with Gasteiger partial charge in [-0.2, -0.15) is 0 Å². The van der Waals surface area contributed by atoms with Crippen LogP contribution in [0.3, 0.4) is 0 Å². The van der Waals surface area contributed by atoms with Gasteiger partial charge in [-0.25, -0.2) is 4.79 Å². The molecule has 2 heterocycles. The molecule has 98 valence electrons. The molecule has 2 aliphatic heterocycles. The van der Waals surface area contributed by atoms with E-state index in [1.165, 1.54) is 7.11 Å². The van der Waals surface area contributed by atoms with Crippen LogP contribution < -0.4 is 0 Å². The van der Waals surface area contributed by atoms with Crippen molar-refractivity contribution >= 4 is 17.0 Å². The zero-order valence-corrected chi connectivity index (χ0v) is 10.6. The topological polar surface area (TPSA) is 63.2 Å². The number of hydrogen-bond acceptors (Lipinski definition) is 6. The second kappa shape index (κ2) is 4.70. The molecule has 2 aliphatic rings. The van der Waals surface area contributed by atoms with Gasteiger partial charge in [0.15, 0.2) is 12.1 Å². The van der Waals surface area contributed by atoms with Crippen LogP contribution in [0, 0.1) is 0 Å². The van der Waals surface area contributed by atoms with Crippen molar-refractivity contribution in [3.8, 4) is 0 Å². The van der Waals surface area contributed by atoms with E-state index in [0.717, 1.165) is 0 Å². The summed E-state index contributed by atoms with van der Waals surface area (Å²) in [6, 6.07) is 0. The lowest BCUT2D eigenvalue weighted by Gasteiger charge is -2.23. The molecule has 0 saturated carbocycles. The maximum Gasteiger partial charge on any atom is 0.403 e. The first-order valence-electron chi connectivity index (χ1n) is 5.29. The van der Waals surface area contributed by atoms with Gasteiger partial charge in [-0.15, -0.1) is 0 Å². The van der Waals surface area contributed by atoms with Crippen molar-refractivity contribution in [2.24, 2.45) is 0 Å². The third-order valence-electron chi connectivity index (χ3n) is 2.70. The molecule has 4 atom stereocenters. The van der Waals surface area contributed by atoms with Gasteiger partial charge in [0.25, 0.3) is 0 Å². The first-order chi connectivity index (χ1) is 7.93. The molecule has 17 heavy (non-hydrogen) atoms. The quantitative estimate of drug-likeness (QED) is 0.717. The molecule has 0 amide bonds. The molecule has 6 nitrogen and oxygen atoms in total. The average molecular weight is 267 g/mol. The molecule has 2 fully saturated rings. The number of ether oxygens (including phenoxy) is 5. The van der Waals surface area contributed by atoms with Crippen LogP contribution in [0.4, 0.5) is 4.79 Å².